The highest BCUT2D eigenvalue weighted by molar-refractivity contribution is 9.10. The molecule has 1 aromatic carbocycles. The summed E-state index contributed by atoms with van der Waals surface area (Å²) >= 11 is 3.36. The molecule has 1 rings (SSSR count). The molecule has 0 saturated heterocycles. The third-order valence-corrected chi connectivity index (χ3v) is 2.71. The van der Waals surface area contributed by atoms with Crippen LogP contribution < -0.4 is 5.90 Å². The van der Waals surface area contributed by atoms with E-state index in [9.17, 15) is 5.11 Å². The van der Waals surface area contributed by atoms with Crippen molar-refractivity contribution in [2.45, 2.75) is 13.3 Å². The number of rotatable bonds is 3. The Hall–Kier alpha value is -0.580. The molecule has 0 aliphatic carbocycles. The number of benzene rings is 1. The van der Waals surface area contributed by atoms with E-state index in [1.165, 1.54) is 0 Å². The monoisotopic (exact) mass is 245 g/mol. The number of phenols is 1. The van der Waals surface area contributed by atoms with Crippen LogP contribution >= 0.6 is 15.9 Å². The summed E-state index contributed by atoms with van der Waals surface area (Å²) in [7, 11) is 0. The summed E-state index contributed by atoms with van der Waals surface area (Å²) < 4.78 is 0.902. The van der Waals surface area contributed by atoms with Crippen molar-refractivity contribution >= 4 is 15.9 Å². The molecule has 0 aromatic heterocycles. The van der Waals surface area contributed by atoms with Crippen LogP contribution in [0.25, 0.3) is 0 Å². The van der Waals surface area contributed by atoms with Crippen LogP contribution in [0.5, 0.6) is 5.75 Å². The third-order valence-electron chi connectivity index (χ3n) is 1.89. The van der Waals surface area contributed by atoms with E-state index in [0.717, 1.165) is 15.6 Å². The van der Waals surface area contributed by atoms with Crippen molar-refractivity contribution in [2.24, 2.45) is 5.90 Å². The van der Waals surface area contributed by atoms with E-state index >= 15 is 0 Å². The Morgan fingerprint density at radius 3 is 2.77 bits per heavy atom. The fourth-order valence-electron chi connectivity index (χ4n) is 1.04. The molecule has 0 amide bonds. The van der Waals surface area contributed by atoms with Gasteiger partial charge in [-0.1, -0.05) is 15.9 Å². The summed E-state index contributed by atoms with van der Waals surface area (Å²) in [5.41, 5.74) is 1.85. The molecule has 0 heterocycles. The summed E-state index contributed by atoms with van der Waals surface area (Å²) in [6, 6.07) is 3.67. The molecule has 3 nitrogen and oxygen atoms in total. The first-order valence-corrected chi connectivity index (χ1v) is 4.74. The predicted octanol–water partition coefficient (Wildman–Crippen LogP) is 1.90. The van der Waals surface area contributed by atoms with Crippen LogP contribution in [0.15, 0.2) is 16.6 Å². The van der Waals surface area contributed by atoms with Gasteiger partial charge in [0.05, 0.1) is 6.61 Å². The van der Waals surface area contributed by atoms with E-state index in [2.05, 4.69) is 20.8 Å². The Balaban J connectivity index is 2.86. The van der Waals surface area contributed by atoms with Gasteiger partial charge in [-0.15, -0.1) is 0 Å². The minimum absolute atomic E-state index is 0.293. The van der Waals surface area contributed by atoms with Gasteiger partial charge in [0.1, 0.15) is 5.75 Å². The quantitative estimate of drug-likeness (QED) is 0.801. The van der Waals surface area contributed by atoms with Crippen molar-refractivity contribution in [2.75, 3.05) is 6.61 Å². The van der Waals surface area contributed by atoms with Crippen molar-refractivity contribution in [3.63, 3.8) is 0 Å². The first-order valence-electron chi connectivity index (χ1n) is 3.95. The van der Waals surface area contributed by atoms with Gasteiger partial charge in [-0.2, -0.15) is 0 Å². The second kappa shape index (κ2) is 4.60. The molecule has 0 atom stereocenters. The van der Waals surface area contributed by atoms with Gasteiger partial charge >= 0.3 is 0 Å². The van der Waals surface area contributed by atoms with E-state index in [4.69, 9.17) is 5.90 Å². The Kier molecular flexibility index (Phi) is 3.71. The molecule has 0 radical (unpaired) electrons. The largest absolute Gasteiger partial charge is 0.508 e. The fraction of sp³-hybridized carbons (Fsp3) is 0.333. The Morgan fingerprint density at radius 1 is 1.54 bits per heavy atom. The zero-order chi connectivity index (χ0) is 9.84. The standard InChI is InChI=1S/C9H12BrNO2/c1-6-8(10)4-7(2-3-13-11)5-9(6)12/h4-5,12H,2-3,11H2,1H3. The van der Waals surface area contributed by atoms with Gasteiger partial charge in [0.25, 0.3) is 0 Å². The second-order valence-electron chi connectivity index (χ2n) is 2.84. The number of hydrogen-bond acceptors (Lipinski definition) is 3. The molecule has 0 bridgehead atoms. The van der Waals surface area contributed by atoms with Gasteiger partial charge in [-0.25, -0.2) is 5.90 Å². The zero-order valence-corrected chi connectivity index (χ0v) is 8.97. The van der Waals surface area contributed by atoms with Crippen LogP contribution in [0.4, 0.5) is 0 Å². The average Bonchev–Trinajstić information content (AvgIpc) is 2.10. The lowest BCUT2D eigenvalue weighted by atomic mass is 10.1. The van der Waals surface area contributed by atoms with E-state index in [-0.39, 0.29) is 0 Å². The molecule has 0 saturated carbocycles. The molecule has 4 heteroatoms. The summed E-state index contributed by atoms with van der Waals surface area (Å²) in [4.78, 5) is 4.46. The molecule has 0 aliphatic heterocycles. The molecular formula is C9H12BrNO2. The minimum Gasteiger partial charge on any atom is -0.508 e. The SMILES string of the molecule is Cc1c(O)cc(CCON)cc1Br. The van der Waals surface area contributed by atoms with Gasteiger partial charge in [0.15, 0.2) is 0 Å². The van der Waals surface area contributed by atoms with Crippen molar-refractivity contribution in [3.05, 3.63) is 27.7 Å². The van der Waals surface area contributed by atoms with Crippen LogP contribution in [0.1, 0.15) is 11.1 Å². The Bertz CT molecular complexity index is 279. The van der Waals surface area contributed by atoms with E-state index in [0.29, 0.717) is 18.8 Å². The number of aromatic hydroxyl groups is 1. The van der Waals surface area contributed by atoms with Crippen LogP contribution in [-0.4, -0.2) is 11.7 Å². The summed E-state index contributed by atoms with van der Waals surface area (Å²) in [5, 5.41) is 9.48. The van der Waals surface area contributed by atoms with Crippen LogP contribution in [-0.2, 0) is 11.3 Å². The summed E-state index contributed by atoms with van der Waals surface area (Å²) in [6.07, 6.45) is 0.697. The molecule has 0 unspecified atom stereocenters. The minimum atomic E-state index is 0.293. The maximum Gasteiger partial charge on any atom is 0.119 e. The van der Waals surface area contributed by atoms with Gasteiger partial charge in [0.2, 0.25) is 0 Å². The van der Waals surface area contributed by atoms with Crippen molar-refractivity contribution < 1.29 is 9.94 Å². The molecule has 13 heavy (non-hydrogen) atoms. The second-order valence-corrected chi connectivity index (χ2v) is 3.70. The van der Waals surface area contributed by atoms with Crippen LogP contribution in [0, 0.1) is 6.92 Å². The summed E-state index contributed by atoms with van der Waals surface area (Å²) in [5.74, 6) is 5.20. The average molecular weight is 246 g/mol. The van der Waals surface area contributed by atoms with E-state index in [1.807, 2.05) is 13.0 Å². The van der Waals surface area contributed by atoms with Crippen molar-refractivity contribution in [3.8, 4) is 5.75 Å². The molecule has 3 N–H and O–H groups in total. The highest BCUT2D eigenvalue weighted by Gasteiger charge is 2.03. The van der Waals surface area contributed by atoms with Crippen molar-refractivity contribution in [1.82, 2.24) is 0 Å². The smallest absolute Gasteiger partial charge is 0.119 e. The normalized spacial score (nSPS) is 10.4. The van der Waals surface area contributed by atoms with Gasteiger partial charge in [-0.05, 0) is 31.0 Å². The number of phenolic OH excluding ortho intramolecular Hbond substituents is 1. The Labute approximate surface area is 85.6 Å². The van der Waals surface area contributed by atoms with Crippen LogP contribution in [0.3, 0.4) is 0 Å². The number of hydrogen-bond donors (Lipinski definition) is 2. The molecule has 0 fully saturated rings. The van der Waals surface area contributed by atoms with Crippen LogP contribution in [0.2, 0.25) is 0 Å². The lowest BCUT2D eigenvalue weighted by Gasteiger charge is -2.05. The molecule has 0 spiro atoms. The first kappa shape index (κ1) is 10.5. The molecule has 72 valence electrons. The van der Waals surface area contributed by atoms with Crippen molar-refractivity contribution in [1.29, 1.82) is 0 Å². The number of halogens is 1. The fourth-order valence-corrected chi connectivity index (χ4v) is 1.54. The molecule has 0 aliphatic rings. The summed E-state index contributed by atoms with van der Waals surface area (Å²) in [6.45, 7) is 2.30. The highest BCUT2D eigenvalue weighted by atomic mass is 79.9. The third kappa shape index (κ3) is 2.69. The molecule has 1 aromatic rings. The van der Waals surface area contributed by atoms with Gasteiger partial charge in [-0.3, -0.25) is 0 Å². The van der Waals surface area contributed by atoms with E-state index in [1.54, 1.807) is 6.07 Å². The topological polar surface area (TPSA) is 55.5 Å². The van der Waals surface area contributed by atoms with E-state index < -0.39 is 0 Å². The lowest BCUT2D eigenvalue weighted by Crippen LogP contribution is -2.03. The molecular weight excluding hydrogens is 234 g/mol. The highest BCUT2D eigenvalue weighted by Crippen LogP contribution is 2.26. The first-order chi connectivity index (χ1) is 6.15. The Morgan fingerprint density at radius 2 is 2.23 bits per heavy atom. The lowest BCUT2D eigenvalue weighted by molar-refractivity contribution is 0.141. The predicted molar refractivity (Wildman–Crippen MR) is 54.4 cm³/mol. The van der Waals surface area contributed by atoms with Gasteiger partial charge < -0.3 is 9.94 Å². The maximum absolute atomic E-state index is 9.48. The zero-order valence-electron chi connectivity index (χ0n) is 7.38. The van der Waals surface area contributed by atoms with Gasteiger partial charge in [0, 0.05) is 10.0 Å². The number of nitrogens with two attached hydrogens (primary N) is 1. The maximum atomic E-state index is 9.48.